The summed E-state index contributed by atoms with van der Waals surface area (Å²) < 4.78 is 12.8. The minimum Gasteiger partial charge on any atom is -0.306 e. The SMILES string of the molecule is N#Cc1c(-n2c3ccc(-c4ccccc4)cc3c3cc(-c4ccccc4)ccc32)c(-n2c3ccc(-c4ccccc4)cc3c3cc(-c4ccccc4)ccc32)c(-n2c3ccc(-c4ccccc4)cc3c3cc(-c4ccccc4)ccc32)c(-n2c3ccc(-c4ccccc4)cc3c3cc(-c4ccccc4)ccc32)c1-n1c2ccc(-c3ccccc3)cc2c2cc(-c3ccccc3)ccc21. The average molecular weight is 1690 g/mol. The van der Waals surface area contributed by atoms with Crippen LogP contribution in [-0.4, -0.2) is 22.8 Å². The normalized spacial score (nSPS) is 11.8. The lowest BCUT2D eigenvalue weighted by Gasteiger charge is -2.30. The van der Waals surface area contributed by atoms with E-state index >= 15 is 0 Å². The molecule has 0 bridgehead atoms. The Morgan fingerprint density at radius 1 is 0.120 bits per heavy atom. The zero-order valence-corrected chi connectivity index (χ0v) is 72.4. The number of aromatic nitrogens is 5. The first-order valence-electron chi connectivity index (χ1n) is 45.6. The number of nitriles is 1. The quantitative estimate of drug-likeness (QED) is 0.101. The standard InChI is InChI=1S/C127H80N6/c128-81-112-123(129-113-61-51-92(82-31-11-1-12-32-82)71-102(113)103-72-93(52-62-114(103)129)83-33-13-2-14-34-83)125(131-117-65-55-96(86-39-19-5-20-40-86)75-106(117)107-76-97(56-66-118(107)131)87-41-21-6-22-42-87)127(133-121-69-59-100(90-47-27-9-28-48-90)79-110(121)111-80-101(60-70-122(111)133)91-49-29-10-30-50-91)126(132-119-67-57-98(88-43-23-7-24-44-88)77-108(119)109-78-99(58-68-120(109)132)89-45-25-8-26-46-89)124(112)130-115-63-53-94(84-35-15-3-16-36-84)73-104(115)105-74-95(54-64-116(105)130)85-37-17-4-18-38-85/h1-80H. The van der Waals surface area contributed by atoms with Crippen molar-refractivity contribution in [2.75, 3.05) is 0 Å². The van der Waals surface area contributed by atoms with Gasteiger partial charge in [0.25, 0.3) is 0 Å². The molecular formula is C127H80N6. The number of hydrogen-bond acceptors (Lipinski definition) is 1. The largest absolute Gasteiger partial charge is 0.306 e. The Labute approximate surface area is 768 Å². The van der Waals surface area contributed by atoms with E-state index in [9.17, 15) is 5.26 Å². The van der Waals surface area contributed by atoms with E-state index in [0.29, 0.717) is 16.9 Å². The predicted octanol–water partition coefficient (Wildman–Crippen LogP) is 33.7. The molecule has 26 aromatic rings. The summed E-state index contributed by atoms with van der Waals surface area (Å²) in [5.41, 5.74) is 35.4. The van der Waals surface area contributed by atoms with Crippen LogP contribution in [0.4, 0.5) is 0 Å². The van der Waals surface area contributed by atoms with Crippen LogP contribution in [-0.2, 0) is 0 Å². The lowest BCUT2D eigenvalue weighted by Crippen LogP contribution is -2.19. The van der Waals surface area contributed by atoms with Gasteiger partial charge in [0, 0.05) is 53.9 Å². The molecule has 0 aliphatic heterocycles. The zero-order valence-electron chi connectivity index (χ0n) is 72.4. The Kier molecular flexibility index (Phi) is 17.9. The summed E-state index contributed by atoms with van der Waals surface area (Å²) in [6.45, 7) is 0. The van der Waals surface area contributed by atoms with Gasteiger partial charge in [-0.15, -0.1) is 0 Å². The highest BCUT2D eigenvalue weighted by Crippen LogP contribution is 2.55. The monoisotopic (exact) mass is 1690 g/mol. The van der Waals surface area contributed by atoms with Gasteiger partial charge in [-0.05, 0) is 233 Å². The van der Waals surface area contributed by atoms with Gasteiger partial charge in [-0.25, -0.2) is 0 Å². The summed E-state index contributed by atoms with van der Waals surface area (Å²) in [4.78, 5) is 0. The van der Waals surface area contributed by atoms with Crippen molar-refractivity contribution < 1.29 is 0 Å². The Bertz CT molecular complexity index is 8280. The van der Waals surface area contributed by atoms with Crippen LogP contribution >= 0.6 is 0 Å². The van der Waals surface area contributed by atoms with Crippen LogP contribution in [0.15, 0.2) is 485 Å². The maximum atomic E-state index is 14.5. The zero-order chi connectivity index (χ0) is 87.7. The first-order chi connectivity index (χ1) is 65.9. The molecular weight excluding hydrogens is 1610 g/mol. The topological polar surface area (TPSA) is 48.4 Å². The summed E-state index contributed by atoms with van der Waals surface area (Å²) >= 11 is 0. The number of nitrogens with zero attached hydrogens (tertiary/aromatic N) is 6. The van der Waals surface area contributed by atoms with E-state index in [0.717, 1.165) is 237 Å². The van der Waals surface area contributed by atoms with E-state index in [-0.39, 0.29) is 0 Å². The second-order valence-corrected chi connectivity index (χ2v) is 34.9. The van der Waals surface area contributed by atoms with Gasteiger partial charge in [-0.1, -0.05) is 364 Å². The number of rotatable bonds is 15. The molecule has 0 atom stereocenters. The smallest absolute Gasteiger partial charge is 0.105 e. The Morgan fingerprint density at radius 3 is 0.353 bits per heavy atom. The summed E-state index contributed by atoms with van der Waals surface area (Å²) in [5, 5.41) is 25.0. The van der Waals surface area contributed by atoms with Crippen LogP contribution < -0.4 is 0 Å². The summed E-state index contributed by atoms with van der Waals surface area (Å²) in [6, 6.07) is 182. The van der Waals surface area contributed by atoms with Gasteiger partial charge in [-0.2, -0.15) is 5.26 Å². The molecule has 21 aromatic carbocycles. The van der Waals surface area contributed by atoms with Crippen molar-refractivity contribution in [2.45, 2.75) is 0 Å². The highest BCUT2D eigenvalue weighted by Gasteiger charge is 2.38. The van der Waals surface area contributed by atoms with Gasteiger partial charge in [-0.3, -0.25) is 0 Å². The van der Waals surface area contributed by atoms with Gasteiger partial charge in [0.15, 0.2) is 0 Å². The lowest BCUT2D eigenvalue weighted by molar-refractivity contribution is 0.992. The van der Waals surface area contributed by atoms with Crippen molar-refractivity contribution in [3.05, 3.63) is 491 Å². The fourth-order valence-electron chi connectivity index (χ4n) is 21.3. The first-order valence-corrected chi connectivity index (χ1v) is 45.6. The van der Waals surface area contributed by atoms with Crippen LogP contribution in [0.5, 0.6) is 0 Å². The maximum Gasteiger partial charge on any atom is 0.105 e. The summed E-state index contributed by atoms with van der Waals surface area (Å²) in [7, 11) is 0. The lowest BCUT2D eigenvalue weighted by atomic mass is 10.00. The molecule has 0 N–H and O–H groups in total. The molecule has 0 fully saturated rings. The number of hydrogen-bond donors (Lipinski definition) is 0. The Hall–Kier alpha value is -17.9. The average Bonchev–Trinajstić information content (AvgIpc) is 1.55. The van der Waals surface area contributed by atoms with Crippen LogP contribution in [0.3, 0.4) is 0 Å². The molecule has 0 saturated heterocycles. The van der Waals surface area contributed by atoms with Crippen LogP contribution in [0, 0.1) is 11.3 Å². The van der Waals surface area contributed by atoms with E-state index < -0.39 is 0 Å². The third kappa shape index (κ3) is 12.5. The molecule has 5 aromatic heterocycles. The van der Waals surface area contributed by atoms with Gasteiger partial charge in [0.1, 0.15) is 11.6 Å². The van der Waals surface area contributed by atoms with Gasteiger partial charge < -0.3 is 22.8 Å². The molecule has 0 saturated carbocycles. The maximum absolute atomic E-state index is 14.5. The summed E-state index contributed by atoms with van der Waals surface area (Å²) in [6.07, 6.45) is 0. The second-order valence-electron chi connectivity index (χ2n) is 34.9. The molecule has 0 aliphatic rings. The van der Waals surface area contributed by atoms with Gasteiger partial charge >= 0.3 is 0 Å². The third-order valence-corrected chi connectivity index (χ3v) is 27.5. The molecule has 0 unspecified atom stereocenters. The Balaban J connectivity index is 0.958. The molecule has 26 rings (SSSR count). The molecule has 618 valence electrons. The number of benzene rings is 21. The summed E-state index contributed by atoms with van der Waals surface area (Å²) in [5.74, 6) is 0. The molecule has 133 heavy (non-hydrogen) atoms. The van der Waals surface area contributed by atoms with Crippen molar-refractivity contribution in [1.29, 1.82) is 5.26 Å². The van der Waals surface area contributed by atoms with Crippen molar-refractivity contribution in [3.63, 3.8) is 0 Å². The van der Waals surface area contributed by atoms with E-state index in [1.54, 1.807) is 0 Å². The third-order valence-electron chi connectivity index (χ3n) is 27.5. The van der Waals surface area contributed by atoms with Crippen LogP contribution in [0.1, 0.15) is 5.56 Å². The van der Waals surface area contributed by atoms with Crippen molar-refractivity contribution in [2.24, 2.45) is 0 Å². The molecule has 6 nitrogen and oxygen atoms in total. The molecule has 0 aliphatic carbocycles. The molecule has 0 radical (unpaired) electrons. The van der Waals surface area contributed by atoms with Crippen molar-refractivity contribution in [1.82, 2.24) is 22.8 Å². The highest BCUT2D eigenvalue weighted by molar-refractivity contribution is 6.21. The molecule has 0 spiro atoms. The van der Waals surface area contributed by atoms with Crippen LogP contribution in [0.25, 0.3) is 249 Å². The second kappa shape index (κ2) is 31.3. The predicted molar refractivity (Wildman–Crippen MR) is 557 cm³/mol. The number of fused-ring (bicyclic) bond motifs is 15. The minimum atomic E-state index is 0.442. The van der Waals surface area contributed by atoms with Gasteiger partial charge in [0.05, 0.1) is 83.6 Å². The van der Waals surface area contributed by atoms with E-state index in [1.165, 1.54) is 0 Å². The van der Waals surface area contributed by atoms with Crippen molar-refractivity contribution >= 4 is 109 Å². The van der Waals surface area contributed by atoms with E-state index in [1.807, 2.05) is 0 Å². The fourth-order valence-corrected chi connectivity index (χ4v) is 21.3. The molecule has 6 heteroatoms. The molecule has 5 heterocycles. The van der Waals surface area contributed by atoms with Crippen molar-refractivity contribution in [3.8, 4) is 146 Å². The Morgan fingerprint density at radius 2 is 0.233 bits per heavy atom. The van der Waals surface area contributed by atoms with Crippen LogP contribution in [0.2, 0.25) is 0 Å². The fraction of sp³-hybridized carbons (Fsp3) is 0. The minimum absolute atomic E-state index is 0.442. The molecule has 0 amide bonds. The first kappa shape index (κ1) is 76.4. The van der Waals surface area contributed by atoms with Gasteiger partial charge in [0.2, 0.25) is 0 Å². The van der Waals surface area contributed by atoms with E-state index in [4.69, 9.17) is 0 Å². The highest BCUT2D eigenvalue weighted by atomic mass is 15.2. The van der Waals surface area contributed by atoms with E-state index in [2.05, 4.69) is 514 Å².